The normalized spacial score (nSPS) is 12.4. The molecule has 0 radical (unpaired) electrons. The number of methoxy groups -OCH3 is 1. The van der Waals surface area contributed by atoms with E-state index in [-0.39, 0.29) is 0 Å². The predicted octanol–water partition coefficient (Wildman–Crippen LogP) is 2.99. The quantitative estimate of drug-likeness (QED) is 0.821. The zero-order chi connectivity index (χ0) is 13.8. The van der Waals surface area contributed by atoms with Crippen LogP contribution in [0.3, 0.4) is 0 Å². The fraction of sp³-hybridized carbons (Fsp3) is 0.357. The number of aliphatic hydroxyl groups is 1. The van der Waals surface area contributed by atoms with Crippen molar-refractivity contribution < 1.29 is 9.84 Å². The molecule has 2 rings (SSSR count). The van der Waals surface area contributed by atoms with E-state index >= 15 is 0 Å². The van der Waals surface area contributed by atoms with E-state index in [0.717, 1.165) is 22.1 Å². The molecule has 0 saturated carbocycles. The summed E-state index contributed by atoms with van der Waals surface area (Å²) in [6, 6.07) is 7.79. The Hall–Kier alpha value is -1.08. The van der Waals surface area contributed by atoms with Crippen LogP contribution in [0.2, 0.25) is 0 Å². The third-order valence-corrected chi connectivity index (χ3v) is 3.94. The Balaban J connectivity index is 2.45. The highest BCUT2D eigenvalue weighted by atomic mass is 127. The second-order valence-corrected chi connectivity index (χ2v) is 5.41. The van der Waals surface area contributed by atoms with E-state index in [2.05, 4.69) is 34.6 Å². The first kappa shape index (κ1) is 14.3. The van der Waals surface area contributed by atoms with Crippen molar-refractivity contribution in [2.75, 3.05) is 7.11 Å². The van der Waals surface area contributed by atoms with Crippen LogP contribution in [0.5, 0.6) is 5.75 Å². The Kier molecular flexibility index (Phi) is 4.81. The second kappa shape index (κ2) is 6.38. The molecule has 0 fully saturated rings. The summed E-state index contributed by atoms with van der Waals surface area (Å²) in [4.78, 5) is 0. The standard InChI is InChI=1S/C14H17IN2O2/c1-3-8-17-13(12(19-2)9-16-17)14(18)10-6-4-5-7-11(10)15/h4-7,9,14,18H,3,8H2,1-2H3. The lowest BCUT2D eigenvalue weighted by Gasteiger charge is -2.16. The molecule has 1 N–H and O–H groups in total. The maximum Gasteiger partial charge on any atom is 0.163 e. The molecule has 1 atom stereocenters. The van der Waals surface area contributed by atoms with Gasteiger partial charge in [-0.3, -0.25) is 4.68 Å². The molecule has 1 unspecified atom stereocenters. The summed E-state index contributed by atoms with van der Waals surface area (Å²) in [6.07, 6.45) is 1.89. The van der Waals surface area contributed by atoms with E-state index in [0.29, 0.717) is 11.4 Å². The summed E-state index contributed by atoms with van der Waals surface area (Å²) in [5.74, 6) is 0.626. The molecular formula is C14H17IN2O2. The van der Waals surface area contributed by atoms with Crippen molar-refractivity contribution in [1.29, 1.82) is 0 Å². The van der Waals surface area contributed by atoms with Gasteiger partial charge in [0.2, 0.25) is 0 Å². The molecule has 2 aromatic rings. The van der Waals surface area contributed by atoms with E-state index in [1.807, 2.05) is 28.9 Å². The summed E-state index contributed by atoms with van der Waals surface area (Å²) in [7, 11) is 1.60. The third kappa shape index (κ3) is 2.92. The number of nitrogens with zero attached hydrogens (tertiary/aromatic N) is 2. The van der Waals surface area contributed by atoms with Crippen molar-refractivity contribution in [2.45, 2.75) is 26.0 Å². The van der Waals surface area contributed by atoms with Gasteiger partial charge >= 0.3 is 0 Å². The van der Waals surface area contributed by atoms with Crippen LogP contribution < -0.4 is 4.74 Å². The zero-order valence-electron chi connectivity index (χ0n) is 11.0. The Morgan fingerprint density at radius 2 is 2.16 bits per heavy atom. The van der Waals surface area contributed by atoms with Gasteiger partial charge in [0, 0.05) is 10.1 Å². The molecule has 0 aliphatic heterocycles. The average Bonchev–Trinajstić information content (AvgIpc) is 2.82. The molecule has 4 nitrogen and oxygen atoms in total. The van der Waals surface area contributed by atoms with Crippen LogP contribution in [0.15, 0.2) is 30.5 Å². The number of ether oxygens (including phenoxy) is 1. The molecule has 0 spiro atoms. The first-order chi connectivity index (χ1) is 9.19. The Labute approximate surface area is 126 Å². The fourth-order valence-electron chi connectivity index (χ4n) is 2.04. The lowest BCUT2D eigenvalue weighted by atomic mass is 10.1. The highest BCUT2D eigenvalue weighted by Gasteiger charge is 2.22. The number of rotatable bonds is 5. The molecule has 102 valence electrons. The van der Waals surface area contributed by atoms with Crippen molar-refractivity contribution >= 4 is 22.6 Å². The Morgan fingerprint density at radius 3 is 2.79 bits per heavy atom. The minimum Gasteiger partial charge on any atom is -0.493 e. The van der Waals surface area contributed by atoms with Gasteiger partial charge in [-0.1, -0.05) is 25.1 Å². The van der Waals surface area contributed by atoms with Crippen LogP contribution in [0, 0.1) is 3.57 Å². The van der Waals surface area contributed by atoms with Crippen molar-refractivity contribution in [3.63, 3.8) is 0 Å². The van der Waals surface area contributed by atoms with E-state index in [9.17, 15) is 5.11 Å². The van der Waals surface area contributed by atoms with Gasteiger partial charge in [-0.2, -0.15) is 5.10 Å². The minimum atomic E-state index is -0.725. The maximum absolute atomic E-state index is 10.6. The number of benzene rings is 1. The summed E-state index contributed by atoms with van der Waals surface area (Å²) < 4.78 is 8.15. The van der Waals surface area contributed by atoms with Gasteiger partial charge in [0.1, 0.15) is 11.8 Å². The van der Waals surface area contributed by atoms with Crippen molar-refractivity contribution in [2.24, 2.45) is 0 Å². The van der Waals surface area contributed by atoms with Crippen LogP contribution in [-0.2, 0) is 6.54 Å². The number of aryl methyl sites for hydroxylation is 1. The molecule has 0 bridgehead atoms. The van der Waals surface area contributed by atoms with Gasteiger partial charge in [0.25, 0.3) is 0 Å². The number of aliphatic hydroxyl groups excluding tert-OH is 1. The Bertz CT molecular complexity index is 554. The van der Waals surface area contributed by atoms with Gasteiger partial charge in [-0.15, -0.1) is 0 Å². The summed E-state index contributed by atoms with van der Waals surface area (Å²) in [5.41, 5.74) is 1.59. The summed E-state index contributed by atoms with van der Waals surface area (Å²) >= 11 is 2.23. The monoisotopic (exact) mass is 372 g/mol. The van der Waals surface area contributed by atoms with Crippen LogP contribution in [-0.4, -0.2) is 22.0 Å². The van der Waals surface area contributed by atoms with Gasteiger partial charge < -0.3 is 9.84 Å². The van der Waals surface area contributed by atoms with Crippen molar-refractivity contribution in [3.8, 4) is 5.75 Å². The van der Waals surface area contributed by atoms with Crippen LogP contribution in [0.25, 0.3) is 0 Å². The number of hydrogen-bond donors (Lipinski definition) is 1. The summed E-state index contributed by atoms with van der Waals surface area (Å²) in [5, 5.41) is 14.9. The smallest absolute Gasteiger partial charge is 0.163 e. The molecule has 1 heterocycles. The van der Waals surface area contributed by atoms with Crippen molar-refractivity contribution in [3.05, 3.63) is 45.3 Å². The number of hydrogen-bond acceptors (Lipinski definition) is 3. The molecule has 0 saturated heterocycles. The molecule has 5 heteroatoms. The van der Waals surface area contributed by atoms with Gasteiger partial charge in [-0.25, -0.2) is 0 Å². The molecule has 0 aliphatic carbocycles. The zero-order valence-corrected chi connectivity index (χ0v) is 13.2. The van der Waals surface area contributed by atoms with Gasteiger partial charge in [-0.05, 0) is 40.6 Å². The largest absolute Gasteiger partial charge is 0.493 e. The third-order valence-electron chi connectivity index (χ3n) is 2.96. The van der Waals surface area contributed by atoms with E-state index in [1.54, 1.807) is 13.3 Å². The van der Waals surface area contributed by atoms with Crippen LogP contribution in [0.1, 0.15) is 30.7 Å². The number of halogens is 1. The predicted molar refractivity (Wildman–Crippen MR) is 82.3 cm³/mol. The highest BCUT2D eigenvalue weighted by Crippen LogP contribution is 2.32. The summed E-state index contributed by atoms with van der Waals surface area (Å²) in [6.45, 7) is 2.84. The lowest BCUT2D eigenvalue weighted by Crippen LogP contribution is -2.12. The first-order valence-corrected chi connectivity index (χ1v) is 7.29. The van der Waals surface area contributed by atoms with E-state index in [4.69, 9.17) is 4.74 Å². The average molecular weight is 372 g/mol. The molecule has 1 aromatic carbocycles. The first-order valence-electron chi connectivity index (χ1n) is 6.21. The Morgan fingerprint density at radius 1 is 1.42 bits per heavy atom. The van der Waals surface area contributed by atoms with Crippen molar-refractivity contribution in [1.82, 2.24) is 9.78 Å². The lowest BCUT2D eigenvalue weighted by molar-refractivity contribution is 0.201. The fourth-order valence-corrected chi connectivity index (χ4v) is 2.73. The second-order valence-electron chi connectivity index (χ2n) is 4.25. The highest BCUT2D eigenvalue weighted by molar-refractivity contribution is 14.1. The molecule has 0 amide bonds. The van der Waals surface area contributed by atoms with Gasteiger partial charge in [0.15, 0.2) is 5.75 Å². The number of aromatic nitrogens is 2. The molecule has 0 aliphatic rings. The topological polar surface area (TPSA) is 47.3 Å². The minimum absolute atomic E-state index is 0.626. The molecule has 1 aromatic heterocycles. The van der Waals surface area contributed by atoms with E-state index < -0.39 is 6.10 Å². The van der Waals surface area contributed by atoms with Gasteiger partial charge in [0.05, 0.1) is 13.3 Å². The van der Waals surface area contributed by atoms with Crippen LogP contribution >= 0.6 is 22.6 Å². The van der Waals surface area contributed by atoms with Crippen LogP contribution in [0.4, 0.5) is 0 Å². The maximum atomic E-state index is 10.6. The molecular weight excluding hydrogens is 355 g/mol. The molecule has 19 heavy (non-hydrogen) atoms. The van der Waals surface area contributed by atoms with E-state index in [1.165, 1.54) is 0 Å². The SMILES string of the molecule is CCCn1ncc(OC)c1C(O)c1ccccc1I.